The molecule has 0 aromatic rings. The second-order valence-electron chi connectivity index (χ2n) is 12.5. The van der Waals surface area contributed by atoms with E-state index in [0.29, 0.717) is 19.3 Å². The smallest absolute Gasteiger partial charge is 0.462 e. The summed E-state index contributed by atoms with van der Waals surface area (Å²) in [5.74, 6) is -0.942. The van der Waals surface area contributed by atoms with Crippen molar-refractivity contribution < 1.29 is 37.6 Å². The molecule has 0 aliphatic rings. The van der Waals surface area contributed by atoms with E-state index >= 15 is 0 Å². The lowest BCUT2D eigenvalue weighted by Gasteiger charge is -2.19. The van der Waals surface area contributed by atoms with Gasteiger partial charge in [0.2, 0.25) is 0 Å². The molecule has 2 unspecified atom stereocenters. The van der Waals surface area contributed by atoms with E-state index in [1.54, 1.807) is 0 Å². The van der Waals surface area contributed by atoms with E-state index in [1.807, 2.05) is 54.7 Å². The van der Waals surface area contributed by atoms with Crippen LogP contribution in [-0.2, 0) is 32.7 Å². The third kappa shape index (κ3) is 38.4. The van der Waals surface area contributed by atoms with Gasteiger partial charge in [-0.1, -0.05) is 155 Å². The molecule has 304 valence electrons. The predicted molar refractivity (Wildman–Crippen MR) is 224 cm³/mol. The minimum absolute atomic E-state index is 0.0336. The van der Waals surface area contributed by atoms with E-state index in [2.05, 4.69) is 68.5 Å². The van der Waals surface area contributed by atoms with E-state index in [9.17, 15) is 19.0 Å². The fourth-order valence-electron chi connectivity index (χ4n) is 4.65. The van der Waals surface area contributed by atoms with Crippen LogP contribution in [0.4, 0.5) is 0 Å². The van der Waals surface area contributed by atoms with Gasteiger partial charge >= 0.3 is 19.8 Å². The lowest BCUT2D eigenvalue weighted by atomic mass is 10.1. The summed E-state index contributed by atoms with van der Waals surface area (Å²) in [6.07, 6.45) is 51.3. The molecule has 10 heteroatoms. The van der Waals surface area contributed by atoms with Gasteiger partial charge < -0.3 is 20.1 Å². The van der Waals surface area contributed by atoms with Crippen molar-refractivity contribution in [3.63, 3.8) is 0 Å². The van der Waals surface area contributed by atoms with E-state index in [-0.39, 0.29) is 32.6 Å². The van der Waals surface area contributed by atoms with Gasteiger partial charge in [-0.2, -0.15) is 0 Å². The number of phosphoric ester groups is 1. The second kappa shape index (κ2) is 39.4. The third-order valence-corrected chi connectivity index (χ3v) is 8.52. The van der Waals surface area contributed by atoms with Crippen LogP contribution in [0.5, 0.6) is 0 Å². The molecule has 0 rings (SSSR count). The standard InChI is InChI=1S/C44H70NO8P/c1-3-5-7-9-11-13-15-17-18-19-20-21-22-23-25-26-28-30-32-34-36-43(46)50-40-42(41-52-54(48,49)51-39-38-45)53-44(47)37-35-33-31-29-27-24-16-14-12-10-8-6-4-2/h5-8,10-14,16-18,20-21,24,27,29,31,42H,3-4,9,15,19,22-23,25-26,28,30,32-41,45H2,1-2H3,(H,48,49)/b7-5+,8-6+,12-10+,13-11+,16-14+,18-17+,21-20+,27-24+,31-29+. The average molecular weight is 772 g/mol. The van der Waals surface area contributed by atoms with Crippen molar-refractivity contribution in [2.24, 2.45) is 5.73 Å². The number of nitrogens with two attached hydrogens (primary N) is 1. The highest BCUT2D eigenvalue weighted by molar-refractivity contribution is 7.47. The molecule has 0 saturated carbocycles. The average Bonchev–Trinajstić information content (AvgIpc) is 3.16. The number of phosphoric acid groups is 1. The number of rotatable bonds is 35. The van der Waals surface area contributed by atoms with Crippen LogP contribution in [0.25, 0.3) is 0 Å². The topological polar surface area (TPSA) is 134 Å². The van der Waals surface area contributed by atoms with Crippen molar-refractivity contribution in [2.75, 3.05) is 26.4 Å². The Labute approximate surface area is 327 Å². The molecule has 0 spiro atoms. The number of carbonyl (C=O) groups excluding carboxylic acids is 2. The van der Waals surface area contributed by atoms with Crippen LogP contribution in [0.1, 0.15) is 123 Å². The molecular formula is C44H70NO8P. The molecule has 54 heavy (non-hydrogen) atoms. The third-order valence-electron chi connectivity index (χ3n) is 7.53. The van der Waals surface area contributed by atoms with Gasteiger partial charge in [-0.3, -0.25) is 18.6 Å². The Morgan fingerprint density at radius 2 is 1.07 bits per heavy atom. The molecule has 3 N–H and O–H groups in total. The zero-order chi connectivity index (χ0) is 39.6. The molecule has 0 radical (unpaired) electrons. The zero-order valence-electron chi connectivity index (χ0n) is 33.1. The van der Waals surface area contributed by atoms with Crippen molar-refractivity contribution in [2.45, 2.75) is 129 Å². The van der Waals surface area contributed by atoms with Gasteiger partial charge in [-0.25, -0.2) is 4.57 Å². The molecule has 0 aliphatic heterocycles. The maximum absolute atomic E-state index is 12.5. The maximum Gasteiger partial charge on any atom is 0.472 e. The lowest BCUT2D eigenvalue weighted by molar-refractivity contribution is -0.161. The van der Waals surface area contributed by atoms with Crippen LogP contribution in [-0.4, -0.2) is 49.3 Å². The summed E-state index contributed by atoms with van der Waals surface area (Å²) in [6, 6.07) is 0. The van der Waals surface area contributed by atoms with E-state index < -0.39 is 32.5 Å². The first kappa shape index (κ1) is 50.7. The Hall–Kier alpha value is -3.33. The highest BCUT2D eigenvalue weighted by Crippen LogP contribution is 2.43. The van der Waals surface area contributed by atoms with E-state index in [0.717, 1.165) is 57.8 Å². The van der Waals surface area contributed by atoms with Gasteiger partial charge in [-0.05, 0) is 64.2 Å². The predicted octanol–water partition coefficient (Wildman–Crippen LogP) is 11.2. The zero-order valence-corrected chi connectivity index (χ0v) is 34.0. The summed E-state index contributed by atoms with van der Waals surface area (Å²) in [5, 5.41) is 0. The van der Waals surface area contributed by atoms with Crippen molar-refractivity contribution in [3.8, 4) is 0 Å². The summed E-state index contributed by atoms with van der Waals surface area (Å²) < 4.78 is 32.6. The van der Waals surface area contributed by atoms with Gasteiger partial charge in [0.05, 0.1) is 13.2 Å². The number of allylic oxidation sites excluding steroid dienone is 18. The number of hydrogen-bond acceptors (Lipinski definition) is 8. The SMILES string of the molecule is CC/C=C/C=C/C=C/C=C/C=C/CCCC(=O)OC(COC(=O)CCCCCCCCC/C=C/C/C=C/C/C=C/C/C=C/CC)COP(=O)(O)OCCN. The first-order chi connectivity index (χ1) is 26.3. The molecule has 0 bridgehead atoms. The van der Waals surface area contributed by atoms with Gasteiger partial charge in [0.25, 0.3) is 0 Å². The van der Waals surface area contributed by atoms with Gasteiger partial charge in [0.15, 0.2) is 6.10 Å². The summed E-state index contributed by atoms with van der Waals surface area (Å²) in [5.41, 5.74) is 5.33. The van der Waals surface area contributed by atoms with Crippen molar-refractivity contribution in [3.05, 3.63) is 109 Å². The highest BCUT2D eigenvalue weighted by Gasteiger charge is 2.25. The van der Waals surface area contributed by atoms with Gasteiger partial charge in [0, 0.05) is 19.4 Å². The number of ether oxygens (including phenoxy) is 2. The Bertz CT molecular complexity index is 1240. The monoisotopic (exact) mass is 771 g/mol. The number of esters is 2. The van der Waals surface area contributed by atoms with E-state index in [1.165, 1.54) is 19.3 Å². The molecule has 0 fully saturated rings. The van der Waals surface area contributed by atoms with Crippen LogP contribution >= 0.6 is 7.82 Å². The summed E-state index contributed by atoms with van der Waals surface area (Å²) >= 11 is 0. The van der Waals surface area contributed by atoms with Crippen molar-refractivity contribution in [1.82, 2.24) is 0 Å². The van der Waals surface area contributed by atoms with Crippen molar-refractivity contribution in [1.29, 1.82) is 0 Å². The normalized spacial score (nSPS) is 14.5. The largest absolute Gasteiger partial charge is 0.472 e. The van der Waals surface area contributed by atoms with Crippen LogP contribution in [0.3, 0.4) is 0 Å². The van der Waals surface area contributed by atoms with Crippen LogP contribution in [0.2, 0.25) is 0 Å². The summed E-state index contributed by atoms with van der Waals surface area (Å²) in [4.78, 5) is 34.7. The van der Waals surface area contributed by atoms with E-state index in [4.69, 9.17) is 24.3 Å². The number of hydrogen-bond donors (Lipinski definition) is 2. The quantitative estimate of drug-likeness (QED) is 0.0212. The summed E-state index contributed by atoms with van der Waals surface area (Å²) in [6.45, 7) is 3.33. The molecule has 9 nitrogen and oxygen atoms in total. The molecule has 0 heterocycles. The maximum atomic E-state index is 12.5. The molecule has 2 atom stereocenters. The molecule has 0 aromatic heterocycles. The van der Waals surface area contributed by atoms with Crippen LogP contribution < -0.4 is 5.73 Å². The van der Waals surface area contributed by atoms with Crippen molar-refractivity contribution >= 4 is 19.8 Å². The summed E-state index contributed by atoms with van der Waals surface area (Å²) in [7, 11) is -4.40. The van der Waals surface area contributed by atoms with Gasteiger partial charge in [0.1, 0.15) is 6.61 Å². The number of carbonyl (C=O) groups is 2. The fraction of sp³-hybridized carbons (Fsp3) is 0.545. The van der Waals surface area contributed by atoms with Gasteiger partial charge in [-0.15, -0.1) is 0 Å². The number of unbranched alkanes of at least 4 members (excludes halogenated alkanes) is 8. The molecule has 0 amide bonds. The molecule has 0 aromatic carbocycles. The Kier molecular flexibility index (Phi) is 36.9. The highest BCUT2D eigenvalue weighted by atomic mass is 31.2. The minimum atomic E-state index is -4.40. The first-order valence-electron chi connectivity index (χ1n) is 19.9. The first-order valence-corrected chi connectivity index (χ1v) is 21.4. The molecule has 0 saturated heterocycles. The van der Waals surface area contributed by atoms with Crippen LogP contribution in [0, 0.1) is 0 Å². The minimum Gasteiger partial charge on any atom is -0.462 e. The Balaban J connectivity index is 4.30. The fourth-order valence-corrected chi connectivity index (χ4v) is 5.42. The van der Waals surface area contributed by atoms with Crippen LogP contribution in [0.15, 0.2) is 109 Å². The second-order valence-corrected chi connectivity index (χ2v) is 14.0. The Morgan fingerprint density at radius 3 is 1.69 bits per heavy atom. The lowest BCUT2D eigenvalue weighted by Crippen LogP contribution is -2.29. The molecule has 0 aliphatic carbocycles. The molecular weight excluding hydrogens is 701 g/mol. The Morgan fingerprint density at radius 1 is 0.574 bits per heavy atom.